The first-order valence-electron chi connectivity index (χ1n) is 7.11. The summed E-state index contributed by atoms with van der Waals surface area (Å²) in [7, 11) is 0. The van der Waals surface area contributed by atoms with Crippen molar-refractivity contribution in [3.05, 3.63) is 57.5 Å². The number of aliphatic hydroxyl groups excluding tert-OH is 1. The molecule has 0 spiro atoms. The molecule has 136 valence electrons. The van der Waals surface area contributed by atoms with Crippen LogP contribution in [0.25, 0.3) is 5.76 Å². The van der Waals surface area contributed by atoms with E-state index in [9.17, 15) is 18.7 Å². The molecule has 0 fully saturated rings. The number of aromatic nitrogens is 2. The SMILES string of the molecule is CCOC(=O)/C(C=Nc1ccc(F)cn1)=C(\O)c1cc(F)c(Cl)nc1Cl. The second-order valence-electron chi connectivity index (χ2n) is 4.67. The normalized spacial score (nSPS) is 12.2. The Morgan fingerprint density at radius 2 is 2.08 bits per heavy atom. The highest BCUT2D eigenvalue weighted by Gasteiger charge is 2.20. The largest absolute Gasteiger partial charge is 0.506 e. The molecule has 0 amide bonds. The molecule has 26 heavy (non-hydrogen) atoms. The first-order valence-corrected chi connectivity index (χ1v) is 7.87. The second kappa shape index (κ2) is 8.68. The Bertz CT molecular complexity index is 887. The summed E-state index contributed by atoms with van der Waals surface area (Å²) in [6, 6.07) is 3.18. The molecular weight excluding hydrogens is 391 g/mol. The lowest BCUT2D eigenvalue weighted by atomic mass is 10.1. The van der Waals surface area contributed by atoms with Crippen molar-refractivity contribution in [2.24, 2.45) is 4.99 Å². The Balaban J connectivity index is 2.52. The summed E-state index contributed by atoms with van der Waals surface area (Å²) < 4.78 is 31.3. The van der Waals surface area contributed by atoms with E-state index in [1.807, 2.05) is 0 Å². The number of rotatable bonds is 5. The minimum atomic E-state index is -0.946. The molecule has 0 aliphatic heterocycles. The molecule has 2 aromatic rings. The van der Waals surface area contributed by atoms with Crippen LogP contribution in [0.1, 0.15) is 12.5 Å². The van der Waals surface area contributed by atoms with Crippen LogP contribution >= 0.6 is 23.2 Å². The van der Waals surface area contributed by atoms with E-state index < -0.39 is 34.1 Å². The van der Waals surface area contributed by atoms with Crippen molar-refractivity contribution in [3.8, 4) is 0 Å². The average Bonchev–Trinajstić information content (AvgIpc) is 2.60. The Labute approximate surface area is 156 Å². The van der Waals surface area contributed by atoms with Gasteiger partial charge in [0.05, 0.1) is 18.4 Å². The number of aliphatic hydroxyl groups is 1. The molecule has 2 rings (SSSR count). The van der Waals surface area contributed by atoms with Gasteiger partial charge in [0.1, 0.15) is 22.3 Å². The number of carbonyl (C=O) groups excluding carboxylic acids is 1. The van der Waals surface area contributed by atoms with E-state index in [1.54, 1.807) is 6.92 Å². The Hall–Kier alpha value is -2.58. The smallest absolute Gasteiger partial charge is 0.343 e. The highest BCUT2D eigenvalue weighted by molar-refractivity contribution is 6.34. The van der Waals surface area contributed by atoms with Gasteiger partial charge in [0.25, 0.3) is 0 Å². The van der Waals surface area contributed by atoms with E-state index in [1.165, 1.54) is 6.07 Å². The molecular formula is C16H11Cl2F2N3O3. The van der Waals surface area contributed by atoms with Crippen LogP contribution in [-0.2, 0) is 9.53 Å². The van der Waals surface area contributed by atoms with Gasteiger partial charge in [-0.25, -0.2) is 28.5 Å². The van der Waals surface area contributed by atoms with Crippen molar-refractivity contribution >= 4 is 47.0 Å². The van der Waals surface area contributed by atoms with Crippen molar-refractivity contribution in [2.75, 3.05) is 6.61 Å². The third kappa shape index (κ3) is 4.74. The topological polar surface area (TPSA) is 84.7 Å². The molecule has 0 saturated heterocycles. The van der Waals surface area contributed by atoms with E-state index in [0.29, 0.717) is 0 Å². The van der Waals surface area contributed by atoms with Crippen LogP contribution in [0.15, 0.2) is 35.0 Å². The molecule has 10 heteroatoms. The minimum absolute atomic E-state index is 0.0131. The zero-order valence-corrected chi connectivity index (χ0v) is 14.7. The van der Waals surface area contributed by atoms with E-state index in [0.717, 1.165) is 24.5 Å². The number of aliphatic imine (C=N–C) groups is 1. The van der Waals surface area contributed by atoms with E-state index >= 15 is 0 Å². The molecule has 1 N–H and O–H groups in total. The summed E-state index contributed by atoms with van der Waals surface area (Å²) >= 11 is 11.4. The van der Waals surface area contributed by atoms with Crippen LogP contribution in [0.3, 0.4) is 0 Å². The van der Waals surface area contributed by atoms with Gasteiger partial charge < -0.3 is 9.84 Å². The van der Waals surface area contributed by atoms with Crippen LogP contribution < -0.4 is 0 Å². The molecule has 0 bridgehead atoms. The number of halogens is 4. The van der Waals surface area contributed by atoms with Gasteiger partial charge in [-0.05, 0) is 25.1 Å². The van der Waals surface area contributed by atoms with E-state index in [-0.39, 0.29) is 23.1 Å². The van der Waals surface area contributed by atoms with Gasteiger partial charge in [-0.15, -0.1) is 0 Å². The van der Waals surface area contributed by atoms with Crippen LogP contribution in [0.2, 0.25) is 10.3 Å². The van der Waals surface area contributed by atoms with Crippen LogP contribution in [0, 0.1) is 11.6 Å². The number of pyridine rings is 2. The standard InChI is InChI=1S/C16H11Cl2F2N3O3/c1-2-26-16(25)10(7-22-12-4-3-8(19)6-21-12)13(24)9-5-11(20)15(18)23-14(9)17/h3-7,24H,2H2,1H3/b13-10-,22-7?. The third-order valence-corrected chi connectivity index (χ3v) is 3.48. The van der Waals surface area contributed by atoms with Gasteiger partial charge in [0.2, 0.25) is 0 Å². The summed E-state index contributed by atoms with van der Waals surface area (Å²) in [5.41, 5.74) is -0.710. The fraction of sp³-hybridized carbons (Fsp3) is 0.125. The number of carbonyl (C=O) groups is 1. The van der Waals surface area contributed by atoms with Crippen molar-refractivity contribution in [1.82, 2.24) is 9.97 Å². The fourth-order valence-corrected chi connectivity index (χ4v) is 2.16. The molecule has 0 unspecified atom stereocenters. The zero-order valence-electron chi connectivity index (χ0n) is 13.2. The van der Waals surface area contributed by atoms with Gasteiger partial charge >= 0.3 is 5.97 Å². The second-order valence-corrected chi connectivity index (χ2v) is 5.39. The summed E-state index contributed by atoms with van der Waals surface area (Å²) in [5.74, 6) is -3.11. The van der Waals surface area contributed by atoms with Gasteiger partial charge in [-0.2, -0.15) is 0 Å². The fourth-order valence-electron chi connectivity index (χ4n) is 1.75. The molecule has 0 aromatic carbocycles. The molecule has 0 saturated carbocycles. The first-order chi connectivity index (χ1) is 12.3. The molecule has 0 atom stereocenters. The van der Waals surface area contributed by atoms with Crippen molar-refractivity contribution in [1.29, 1.82) is 0 Å². The maximum atomic E-state index is 13.6. The third-order valence-electron chi connectivity index (χ3n) is 2.93. The number of ether oxygens (including phenoxy) is 1. The predicted octanol–water partition coefficient (Wildman–Crippen LogP) is 4.30. The Morgan fingerprint density at radius 1 is 1.35 bits per heavy atom. The first kappa shape index (κ1) is 19.7. The molecule has 0 radical (unpaired) electrons. The number of hydrogen-bond acceptors (Lipinski definition) is 6. The minimum Gasteiger partial charge on any atom is -0.506 e. The lowest BCUT2D eigenvalue weighted by Crippen LogP contribution is -2.12. The highest BCUT2D eigenvalue weighted by atomic mass is 35.5. The predicted molar refractivity (Wildman–Crippen MR) is 92.7 cm³/mol. The van der Waals surface area contributed by atoms with Crippen molar-refractivity contribution in [3.63, 3.8) is 0 Å². The van der Waals surface area contributed by atoms with Gasteiger partial charge in [-0.1, -0.05) is 23.2 Å². The lowest BCUT2D eigenvalue weighted by molar-refractivity contribution is -0.137. The van der Waals surface area contributed by atoms with Crippen molar-refractivity contribution < 1.29 is 23.4 Å². The number of nitrogens with zero attached hydrogens (tertiary/aromatic N) is 3. The van der Waals surface area contributed by atoms with E-state index in [4.69, 9.17) is 27.9 Å². The maximum absolute atomic E-state index is 13.6. The zero-order chi connectivity index (χ0) is 19.3. The Kier molecular flexibility index (Phi) is 6.59. The molecule has 2 aromatic heterocycles. The monoisotopic (exact) mass is 401 g/mol. The van der Waals surface area contributed by atoms with Crippen LogP contribution in [-0.4, -0.2) is 33.9 Å². The van der Waals surface area contributed by atoms with Crippen molar-refractivity contribution in [2.45, 2.75) is 6.92 Å². The average molecular weight is 402 g/mol. The van der Waals surface area contributed by atoms with Gasteiger partial charge in [-0.3, -0.25) is 0 Å². The van der Waals surface area contributed by atoms with E-state index in [2.05, 4.69) is 15.0 Å². The molecule has 0 aliphatic carbocycles. The quantitative estimate of drug-likeness (QED) is 0.265. The molecule has 0 aliphatic rings. The Morgan fingerprint density at radius 3 is 2.69 bits per heavy atom. The molecule has 6 nitrogen and oxygen atoms in total. The lowest BCUT2D eigenvalue weighted by Gasteiger charge is -2.08. The summed E-state index contributed by atoms with van der Waals surface area (Å²) in [5, 5.41) is 9.55. The van der Waals surface area contributed by atoms with Crippen LogP contribution in [0.4, 0.5) is 14.6 Å². The summed E-state index contributed by atoms with van der Waals surface area (Å²) in [6.07, 6.45) is 1.87. The highest BCUT2D eigenvalue weighted by Crippen LogP contribution is 2.27. The van der Waals surface area contributed by atoms with Gasteiger partial charge in [0.15, 0.2) is 16.8 Å². The summed E-state index contributed by atoms with van der Waals surface area (Å²) in [4.78, 5) is 23.2. The number of esters is 1. The molecule has 2 heterocycles. The maximum Gasteiger partial charge on any atom is 0.343 e. The summed E-state index contributed by atoms with van der Waals surface area (Å²) in [6.45, 7) is 1.57. The van der Waals surface area contributed by atoms with Crippen LogP contribution in [0.5, 0.6) is 0 Å². The number of hydrogen-bond donors (Lipinski definition) is 1. The van der Waals surface area contributed by atoms with Gasteiger partial charge in [0, 0.05) is 6.21 Å².